The fourth-order valence-electron chi connectivity index (χ4n) is 1.53. The molecule has 1 rings (SSSR count). The molecule has 0 aliphatic carbocycles. The average Bonchev–Trinajstić information content (AvgIpc) is 2.33. The Kier molecular flexibility index (Phi) is 5.56. The van der Waals surface area contributed by atoms with E-state index in [0.29, 0.717) is 15.6 Å². The number of hydrogen-bond acceptors (Lipinski definition) is 4. The van der Waals surface area contributed by atoms with Crippen LogP contribution in [0, 0.1) is 0 Å². The van der Waals surface area contributed by atoms with Crippen LogP contribution in [0.25, 0.3) is 0 Å². The molecule has 0 unspecified atom stereocenters. The second kappa shape index (κ2) is 6.74. The number of carbonyl (C=O) groups excluding carboxylic acids is 2. The summed E-state index contributed by atoms with van der Waals surface area (Å²) in [4.78, 5) is 23.3. The van der Waals surface area contributed by atoms with Crippen LogP contribution in [0.2, 0.25) is 0 Å². The van der Waals surface area contributed by atoms with E-state index in [1.165, 1.54) is 7.11 Å². The van der Waals surface area contributed by atoms with E-state index in [1.54, 1.807) is 39.0 Å². The lowest BCUT2D eigenvalue weighted by molar-refractivity contribution is 0.0518. The van der Waals surface area contributed by atoms with Crippen molar-refractivity contribution in [2.24, 2.45) is 0 Å². The first-order valence-electron chi connectivity index (χ1n) is 6.07. The molecule has 0 aliphatic heterocycles. The molecule has 0 spiro atoms. The molecule has 0 heterocycles. The molecule has 1 amide bonds. The van der Waals surface area contributed by atoms with Gasteiger partial charge in [-0.3, -0.25) is 0 Å². The number of nitrogens with one attached hydrogen (secondary N) is 1. The lowest BCUT2D eigenvalue weighted by atomic mass is 10.1. The highest BCUT2D eigenvalue weighted by atomic mass is 79.9. The topological polar surface area (TPSA) is 64.6 Å². The van der Waals surface area contributed by atoms with Crippen molar-refractivity contribution in [2.75, 3.05) is 7.11 Å². The minimum absolute atomic E-state index is 0.179. The van der Waals surface area contributed by atoms with Gasteiger partial charge in [0.25, 0.3) is 0 Å². The highest BCUT2D eigenvalue weighted by Crippen LogP contribution is 2.21. The monoisotopic (exact) mass is 343 g/mol. The Hall–Kier alpha value is -1.56. The lowest BCUT2D eigenvalue weighted by Crippen LogP contribution is -2.32. The van der Waals surface area contributed by atoms with Gasteiger partial charge in [-0.25, -0.2) is 9.59 Å². The summed E-state index contributed by atoms with van der Waals surface area (Å²) < 4.78 is 10.5. The Morgan fingerprint density at radius 3 is 2.50 bits per heavy atom. The van der Waals surface area contributed by atoms with E-state index in [0.717, 1.165) is 0 Å². The van der Waals surface area contributed by atoms with Gasteiger partial charge in [0, 0.05) is 11.0 Å². The number of halogens is 1. The second-order valence-corrected chi connectivity index (χ2v) is 5.98. The van der Waals surface area contributed by atoms with Crippen LogP contribution in [-0.2, 0) is 16.0 Å². The molecule has 0 saturated heterocycles. The number of amides is 1. The molecule has 0 bridgehead atoms. The van der Waals surface area contributed by atoms with E-state index >= 15 is 0 Å². The Balaban J connectivity index is 2.81. The fraction of sp³-hybridized carbons (Fsp3) is 0.429. The van der Waals surface area contributed by atoms with Crippen LogP contribution in [0.15, 0.2) is 22.7 Å². The van der Waals surface area contributed by atoms with E-state index in [4.69, 9.17) is 9.47 Å². The molecule has 0 aliphatic rings. The Labute approximate surface area is 126 Å². The molecule has 0 atom stereocenters. The summed E-state index contributed by atoms with van der Waals surface area (Å²) in [6, 6.07) is 5.26. The number of rotatable bonds is 3. The lowest BCUT2D eigenvalue weighted by Gasteiger charge is -2.20. The maximum atomic E-state index is 11.7. The van der Waals surface area contributed by atoms with Crippen LogP contribution in [0.3, 0.4) is 0 Å². The molecule has 0 aromatic heterocycles. The second-order valence-electron chi connectivity index (χ2n) is 5.12. The number of methoxy groups -OCH3 is 1. The van der Waals surface area contributed by atoms with Gasteiger partial charge in [-0.1, -0.05) is 12.1 Å². The molecule has 20 heavy (non-hydrogen) atoms. The maximum Gasteiger partial charge on any atom is 0.407 e. The smallest absolute Gasteiger partial charge is 0.407 e. The molecule has 1 N–H and O–H groups in total. The Morgan fingerprint density at radius 2 is 1.95 bits per heavy atom. The molecule has 0 saturated carbocycles. The van der Waals surface area contributed by atoms with Gasteiger partial charge >= 0.3 is 12.1 Å². The van der Waals surface area contributed by atoms with Gasteiger partial charge in [-0.15, -0.1) is 0 Å². The predicted octanol–water partition coefficient (Wildman–Crippen LogP) is 3.26. The third kappa shape index (κ3) is 4.85. The molecule has 0 radical (unpaired) electrons. The molecular weight excluding hydrogens is 326 g/mol. The molecule has 110 valence electrons. The normalized spacial score (nSPS) is 10.8. The summed E-state index contributed by atoms with van der Waals surface area (Å²) in [6.07, 6.45) is -0.534. The number of benzene rings is 1. The first kappa shape index (κ1) is 16.5. The van der Waals surface area contributed by atoms with Crippen molar-refractivity contribution >= 4 is 28.0 Å². The van der Waals surface area contributed by atoms with Gasteiger partial charge in [0.05, 0.1) is 12.7 Å². The van der Waals surface area contributed by atoms with Gasteiger partial charge in [0.1, 0.15) is 5.60 Å². The molecule has 5 nitrogen and oxygen atoms in total. The molecule has 6 heteroatoms. The van der Waals surface area contributed by atoms with Crippen molar-refractivity contribution in [1.29, 1.82) is 0 Å². The van der Waals surface area contributed by atoms with E-state index in [-0.39, 0.29) is 6.54 Å². The number of esters is 1. The number of alkyl carbamates (subject to hydrolysis) is 1. The number of carbonyl (C=O) groups is 2. The van der Waals surface area contributed by atoms with Crippen LogP contribution in [0.5, 0.6) is 0 Å². The van der Waals surface area contributed by atoms with E-state index in [2.05, 4.69) is 21.2 Å². The van der Waals surface area contributed by atoms with Crippen LogP contribution in [0.1, 0.15) is 36.7 Å². The van der Waals surface area contributed by atoms with Gasteiger partial charge in [-0.05, 0) is 48.3 Å². The van der Waals surface area contributed by atoms with Gasteiger partial charge in [0.2, 0.25) is 0 Å². The van der Waals surface area contributed by atoms with Crippen LogP contribution in [0.4, 0.5) is 4.79 Å². The van der Waals surface area contributed by atoms with E-state index in [1.807, 2.05) is 0 Å². The van der Waals surface area contributed by atoms with Crippen LogP contribution >= 0.6 is 15.9 Å². The SMILES string of the molecule is COC(=O)c1c(Br)cccc1CNC(=O)OC(C)(C)C. The summed E-state index contributed by atoms with van der Waals surface area (Å²) in [5, 5.41) is 2.61. The fourth-order valence-corrected chi connectivity index (χ4v) is 2.10. The largest absolute Gasteiger partial charge is 0.465 e. The van der Waals surface area contributed by atoms with Crippen molar-refractivity contribution in [2.45, 2.75) is 32.9 Å². The van der Waals surface area contributed by atoms with Crippen LogP contribution in [-0.4, -0.2) is 24.8 Å². The summed E-state index contributed by atoms with van der Waals surface area (Å²) in [5.41, 5.74) is 0.482. The summed E-state index contributed by atoms with van der Waals surface area (Å²) >= 11 is 3.30. The molecule has 0 fully saturated rings. The van der Waals surface area contributed by atoms with E-state index in [9.17, 15) is 9.59 Å². The highest BCUT2D eigenvalue weighted by Gasteiger charge is 2.18. The summed E-state index contributed by atoms with van der Waals surface area (Å²) in [7, 11) is 1.31. The first-order chi connectivity index (χ1) is 9.24. The summed E-state index contributed by atoms with van der Waals surface area (Å²) in [6.45, 7) is 5.53. The van der Waals surface area contributed by atoms with Crippen LogP contribution < -0.4 is 5.32 Å². The van der Waals surface area contributed by atoms with Crippen molar-refractivity contribution in [3.05, 3.63) is 33.8 Å². The average molecular weight is 344 g/mol. The van der Waals surface area contributed by atoms with Gasteiger partial charge in [0.15, 0.2) is 0 Å². The molecule has 1 aromatic rings. The quantitative estimate of drug-likeness (QED) is 0.855. The minimum atomic E-state index is -0.563. The maximum absolute atomic E-state index is 11.7. The Morgan fingerprint density at radius 1 is 1.30 bits per heavy atom. The van der Waals surface area contributed by atoms with E-state index < -0.39 is 17.7 Å². The standard InChI is InChI=1S/C14H18BrNO4/c1-14(2,3)20-13(18)16-8-9-6-5-7-10(15)11(9)12(17)19-4/h5-7H,8H2,1-4H3,(H,16,18). The van der Waals surface area contributed by atoms with Crippen molar-refractivity contribution in [3.8, 4) is 0 Å². The zero-order valence-electron chi connectivity index (χ0n) is 12.0. The third-order valence-corrected chi connectivity index (χ3v) is 2.97. The molecule has 1 aromatic carbocycles. The Bertz CT molecular complexity index is 508. The third-order valence-electron chi connectivity index (χ3n) is 2.31. The zero-order valence-corrected chi connectivity index (χ0v) is 13.5. The van der Waals surface area contributed by atoms with Gasteiger partial charge in [-0.2, -0.15) is 0 Å². The van der Waals surface area contributed by atoms with Gasteiger partial charge < -0.3 is 14.8 Å². The highest BCUT2D eigenvalue weighted by molar-refractivity contribution is 9.10. The predicted molar refractivity (Wildman–Crippen MR) is 78.6 cm³/mol. The number of ether oxygens (including phenoxy) is 2. The van der Waals surface area contributed by atoms with Crippen molar-refractivity contribution in [1.82, 2.24) is 5.32 Å². The number of hydrogen-bond donors (Lipinski definition) is 1. The first-order valence-corrected chi connectivity index (χ1v) is 6.86. The minimum Gasteiger partial charge on any atom is -0.465 e. The van der Waals surface area contributed by atoms with Crippen molar-refractivity contribution < 1.29 is 19.1 Å². The molecular formula is C14H18BrNO4. The van der Waals surface area contributed by atoms with Crippen molar-refractivity contribution in [3.63, 3.8) is 0 Å². The zero-order chi connectivity index (χ0) is 15.3. The summed E-state index contributed by atoms with van der Waals surface area (Å²) in [5.74, 6) is -0.460.